The van der Waals surface area contributed by atoms with Crippen LogP contribution < -0.4 is 15.2 Å². The second-order valence-corrected chi connectivity index (χ2v) is 7.12. The Morgan fingerprint density at radius 2 is 1.77 bits per heavy atom. The molecule has 0 radical (unpaired) electrons. The number of hydrogen-bond acceptors (Lipinski definition) is 5. The number of ether oxygens (including phenoxy) is 2. The average molecular weight is 428 g/mol. The van der Waals surface area contributed by atoms with Crippen LogP contribution in [0.2, 0.25) is 0 Å². The van der Waals surface area contributed by atoms with Crippen molar-refractivity contribution in [3.05, 3.63) is 75.8 Å². The smallest absolute Gasteiger partial charge is 0.416 e. The van der Waals surface area contributed by atoms with Crippen molar-refractivity contribution < 1.29 is 22.6 Å². The Bertz CT molecular complexity index is 1360. The first kappa shape index (κ1) is 19.2. The molecule has 158 valence electrons. The lowest BCUT2D eigenvalue weighted by Crippen LogP contribution is -2.23. The van der Waals surface area contributed by atoms with E-state index < -0.39 is 17.4 Å². The summed E-state index contributed by atoms with van der Waals surface area (Å²) in [6, 6.07) is 11.5. The zero-order chi connectivity index (χ0) is 21.8. The molecule has 0 aliphatic carbocycles. The van der Waals surface area contributed by atoms with E-state index >= 15 is 0 Å². The van der Waals surface area contributed by atoms with Crippen molar-refractivity contribution >= 4 is 5.65 Å². The topological polar surface area (TPSA) is 70.7 Å². The van der Waals surface area contributed by atoms with Gasteiger partial charge >= 0.3 is 11.9 Å². The molecule has 0 saturated carbocycles. The van der Waals surface area contributed by atoms with Crippen LogP contribution in [-0.2, 0) is 12.7 Å². The molecule has 0 saturated heterocycles. The van der Waals surface area contributed by atoms with E-state index in [9.17, 15) is 18.0 Å². The van der Waals surface area contributed by atoms with Gasteiger partial charge in [0.05, 0.1) is 12.1 Å². The lowest BCUT2D eigenvalue weighted by molar-refractivity contribution is -0.137. The van der Waals surface area contributed by atoms with Crippen molar-refractivity contribution in [1.29, 1.82) is 0 Å². The molecule has 7 nitrogen and oxygen atoms in total. The molecule has 5 rings (SSSR count). The summed E-state index contributed by atoms with van der Waals surface area (Å²) < 4.78 is 51.9. The number of fused-ring (bicyclic) bond motifs is 2. The molecule has 3 heterocycles. The molecule has 2 aromatic heterocycles. The minimum absolute atomic E-state index is 0.147. The first-order valence-electron chi connectivity index (χ1n) is 9.33. The molecular weight excluding hydrogens is 413 g/mol. The van der Waals surface area contributed by atoms with Crippen LogP contribution in [0, 0.1) is 6.92 Å². The molecule has 31 heavy (non-hydrogen) atoms. The van der Waals surface area contributed by atoms with Crippen LogP contribution in [-0.4, -0.2) is 26.0 Å². The number of aryl methyl sites for hydroxylation is 1. The van der Waals surface area contributed by atoms with E-state index in [2.05, 4.69) is 10.1 Å². The molecule has 0 N–H and O–H groups in total. The number of aromatic nitrogens is 4. The fraction of sp³-hybridized carbons (Fsp3) is 0.190. The van der Waals surface area contributed by atoms with Gasteiger partial charge in [0.15, 0.2) is 17.1 Å². The molecule has 0 unspecified atom stereocenters. The van der Waals surface area contributed by atoms with E-state index in [0.29, 0.717) is 28.4 Å². The third-order valence-electron chi connectivity index (χ3n) is 4.94. The summed E-state index contributed by atoms with van der Waals surface area (Å²) in [4.78, 5) is 17.5. The highest BCUT2D eigenvalue weighted by Crippen LogP contribution is 2.33. The molecule has 10 heteroatoms. The van der Waals surface area contributed by atoms with Gasteiger partial charge in [-0.3, -0.25) is 0 Å². The van der Waals surface area contributed by atoms with Gasteiger partial charge in [-0.25, -0.2) is 18.9 Å². The van der Waals surface area contributed by atoms with Crippen molar-refractivity contribution in [1.82, 2.24) is 19.2 Å². The molecular formula is C21H15F3N4O3. The number of halogens is 3. The van der Waals surface area contributed by atoms with Gasteiger partial charge in [-0.15, -0.1) is 5.10 Å². The lowest BCUT2D eigenvalue weighted by atomic mass is 10.1. The van der Waals surface area contributed by atoms with Gasteiger partial charge in [-0.05, 0) is 36.8 Å². The van der Waals surface area contributed by atoms with E-state index in [1.807, 2.05) is 6.07 Å². The minimum Gasteiger partial charge on any atom is -0.454 e. The molecule has 0 bridgehead atoms. The molecule has 2 aromatic carbocycles. The normalized spacial score (nSPS) is 13.2. The van der Waals surface area contributed by atoms with Gasteiger partial charge in [-0.1, -0.05) is 18.2 Å². The van der Waals surface area contributed by atoms with Crippen LogP contribution in [0.15, 0.2) is 53.3 Å². The third kappa shape index (κ3) is 3.39. The first-order valence-corrected chi connectivity index (χ1v) is 9.33. The van der Waals surface area contributed by atoms with Gasteiger partial charge in [0.1, 0.15) is 5.82 Å². The Balaban J connectivity index is 1.58. The maximum absolute atomic E-state index is 13.1. The standard InChI is InChI=1S/C21H15F3N4O3/c1-12-8-18-26-27(10-13-2-7-16-17(9-13)31-11-30-16)20(29)28(18)19(25-12)14-3-5-15(6-4-14)21(22,23)24/h2-9H,10-11H2,1H3. The van der Waals surface area contributed by atoms with Crippen LogP contribution in [0.3, 0.4) is 0 Å². The molecule has 0 atom stereocenters. The van der Waals surface area contributed by atoms with Gasteiger partial charge in [0, 0.05) is 17.3 Å². The molecule has 0 spiro atoms. The first-order chi connectivity index (χ1) is 14.8. The quantitative estimate of drug-likeness (QED) is 0.498. The zero-order valence-corrected chi connectivity index (χ0v) is 16.2. The summed E-state index contributed by atoms with van der Waals surface area (Å²) >= 11 is 0. The average Bonchev–Trinajstić information content (AvgIpc) is 3.31. The highest BCUT2D eigenvalue weighted by atomic mass is 19.4. The maximum atomic E-state index is 13.1. The van der Waals surface area contributed by atoms with Crippen LogP contribution >= 0.6 is 0 Å². The van der Waals surface area contributed by atoms with Crippen molar-refractivity contribution in [3.8, 4) is 22.9 Å². The SMILES string of the molecule is Cc1cc2nn(Cc3ccc4c(c3)OCO4)c(=O)n2c(-c2ccc(C(F)(F)F)cc2)n1. The lowest BCUT2D eigenvalue weighted by Gasteiger charge is -2.08. The second kappa shape index (κ2) is 6.86. The maximum Gasteiger partial charge on any atom is 0.416 e. The number of alkyl halides is 3. The van der Waals surface area contributed by atoms with Crippen LogP contribution in [0.4, 0.5) is 13.2 Å². The van der Waals surface area contributed by atoms with E-state index in [0.717, 1.165) is 17.7 Å². The van der Waals surface area contributed by atoms with Gasteiger partial charge in [0.25, 0.3) is 0 Å². The Morgan fingerprint density at radius 1 is 1.03 bits per heavy atom. The molecule has 1 aliphatic rings. The monoisotopic (exact) mass is 428 g/mol. The Morgan fingerprint density at radius 3 is 2.52 bits per heavy atom. The second-order valence-electron chi connectivity index (χ2n) is 7.12. The van der Waals surface area contributed by atoms with Crippen molar-refractivity contribution in [3.63, 3.8) is 0 Å². The van der Waals surface area contributed by atoms with E-state index in [1.165, 1.54) is 21.2 Å². The van der Waals surface area contributed by atoms with Crippen molar-refractivity contribution in [2.45, 2.75) is 19.6 Å². The fourth-order valence-electron chi connectivity index (χ4n) is 3.47. The molecule has 0 fully saturated rings. The summed E-state index contributed by atoms with van der Waals surface area (Å²) in [5, 5.41) is 4.38. The summed E-state index contributed by atoms with van der Waals surface area (Å²) in [5.41, 5.74) is 0.888. The van der Waals surface area contributed by atoms with Crippen molar-refractivity contribution in [2.75, 3.05) is 6.79 Å². The predicted molar refractivity (Wildman–Crippen MR) is 104 cm³/mol. The Labute approximate surface area is 173 Å². The number of benzene rings is 2. The van der Waals surface area contributed by atoms with Gasteiger partial charge < -0.3 is 9.47 Å². The highest BCUT2D eigenvalue weighted by Gasteiger charge is 2.30. The number of hydrogen-bond donors (Lipinski definition) is 0. The van der Waals surface area contributed by atoms with E-state index in [-0.39, 0.29) is 19.2 Å². The van der Waals surface area contributed by atoms with Crippen molar-refractivity contribution in [2.24, 2.45) is 0 Å². The molecule has 4 aromatic rings. The Hall–Kier alpha value is -3.82. The summed E-state index contributed by atoms with van der Waals surface area (Å²) in [6.07, 6.45) is -4.44. The summed E-state index contributed by atoms with van der Waals surface area (Å²) in [5.74, 6) is 1.46. The minimum atomic E-state index is -4.44. The van der Waals surface area contributed by atoms with Gasteiger partial charge in [-0.2, -0.15) is 13.2 Å². The van der Waals surface area contributed by atoms with Crippen LogP contribution in [0.5, 0.6) is 11.5 Å². The highest BCUT2D eigenvalue weighted by molar-refractivity contribution is 5.60. The van der Waals surface area contributed by atoms with Gasteiger partial charge in [0.2, 0.25) is 6.79 Å². The van der Waals surface area contributed by atoms with Crippen LogP contribution in [0.25, 0.3) is 17.0 Å². The fourth-order valence-corrected chi connectivity index (χ4v) is 3.47. The number of rotatable bonds is 3. The molecule has 1 aliphatic heterocycles. The Kier molecular flexibility index (Phi) is 4.24. The van der Waals surface area contributed by atoms with E-state index in [1.54, 1.807) is 25.1 Å². The summed E-state index contributed by atoms with van der Waals surface area (Å²) in [6.45, 7) is 2.06. The van der Waals surface area contributed by atoms with Crippen LogP contribution in [0.1, 0.15) is 16.8 Å². The third-order valence-corrected chi connectivity index (χ3v) is 4.94. The predicted octanol–water partition coefficient (Wildman–Crippen LogP) is 3.66. The summed E-state index contributed by atoms with van der Waals surface area (Å²) in [7, 11) is 0. The largest absolute Gasteiger partial charge is 0.454 e. The van der Waals surface area contributed by atoms with E-state index in [4.69, 9.17) is 9.47 Å². The molecule has 0 amide bonds. The zero-order valence-electron chi connectivity index (χ0n) is 16.2. The number of nitrogens with zero attached hydrogens (tertiary/aromatic N) is 4.